The third-order valence-electron chi connectivity index (χ3n) is 3.82. The van der Waals surface area contributed by atoms with Crippen LogP contribution in [-0.2, 0) is 10.0 Å². The van der Waals surface area contributed by atoms with Gasteiger partial charge in [0.2, 0.25) is 10.0 Å². The van der Waals surface area contributed by atoms with Crippen LogP contribution in [0, 0.1) is 11.6 Å². The van der Waals surface area contributed by atoms with Gasteiger partial charge < -0.3 is 0 Å². The Kier molecular flexibility index (Phi) is 4.42. The molecule has 2 N–H and O–H groups in total. The second kappa shape index (κ2) is 6.15. The molecule has 0 fully saturated rings. The number of sulfonamides is 1. The first-order valence-corrected chi connectivity index (χ1v) is 9.64. The largest absolute Gasteiger partial charge is 0.294 e. The van der Waals surface area contributed by atoms with E-state index in [1.807, 2.05) is 0 Å². The van der Waals surface area contributed by atoms with Crippen molar-refractivity contribution in [1.82, 2.24) is 9.38 Å². The second-order valence-electron chi connectivity index (χ2n) is 5.85. The molecule has 1 aromatic carbocycles. The van der Waals surface area contributed by atoms with Crippen LogP contribution in [0.1, 0.15) is 25.3 Å². The zero-order valence-corrected chi connectivity index (χ0v) is 15.7. The number of hydrogen-bond acceptors (Lipinski definition) is 3. The zero-order valence-electron chi connectivity index (χ0n) is 13.3. The fourth-order valence-corrected chi connectivity index (χ4v) is 3.94. The van der Waals surface area contributed by atoms with Crippen molar-refractivity contribution in [1.29, 1.82) is 0 Å². The van der Waals surface area contributed by atoms with Crippen LogP contribution in [0.15, 0.2) is 40.0 Å². The molecule has 5 nitrogen and oxygen atoms in total. The summed E-state index contributed by atoms with van der Waals surface area (Å²) in [5, 5.41) is 5.04. The molecule has 0 bridgehead atoms. The molecule has 0 aliphatic rings. The quantitative estimate of drug-likeness (QED) is 0.687. The average molecular weight is 430 g/mol. The molecule has 3 rings (SSSR count). The maximum atomic E-state index is 14.9. The fourth-order valence-electron chi connectivity index (χ4n) is 2.61. The Hall–Kier alpha value is -1.84. The van der Waals surface area contributed by atoms with Crippen LogP contribution in [0.4, 0.5) is 8.78 Å². The van der Waals surface area contributed by atoms with Crippen molar-refractivity contribution in [3.05, 3.63) is 52.3 Å². The molecule has 2 heterocycles. The molecule has 0 atom stereocenters. The highest BCUT2D eigenvalue weighted by molar-refractivity contribution is 9.10. The van der Waals surface area contributed by atoms with Crippen molar-refractivity contribution in [2.45, 2.75) is 24.7 Å². The van der Waals surface area contributed by atoms with E-state index in [0.717, 1.165) is 0 Å². The van der Waals surface area contributed by atoms with Crippen LogP contribution >= 0.6 is 15.9 Å². The SMILES string of the molecule is CC(C)c1cc(-c2nc3ccccn3c2Br)c(F)c(S(N)(=O)=O)c1F. The summed E-state index contributed by atoms with van der Waals surface area (Å²) in [4.78, 5) is 3.17. The maximum absolute atomic E-state index is 14.9. The summed E-state index contributed by atoms with van der Waals surface area (Å²) in [6.07, 6.45) is 1.71. The van der Waals surface area contributed by atoms with Gasteiger partial charge in [0.15, 0.2) is 10.7 Å². The zero-order chi connectivity index (χ0) is 18.5. The molecule has 0 saturated carbocycles. The Balaban J connectivity index is 2.43. The summed E-state index contributed by atoms with van der Waals surface area (Å²) in [6.45, 7) is 3.34. The van der Waals surface area contributed by atoms with Gasteiger partial charge in [-0.05, 0) is 45.6 Å². The van der Waals surface area contributed by atoms with E-state index in [0.29, 0.717) is 10.3 Å². The van der Waals surface area contributed by atoms with Crippen molar-refractivity contribution in [3.8, 4) is 11.3 Å². The number of fused-ring (bicyclic) bond motifs is 1. The molecule has 132 valence electrons. The number of aromatic nitrogens is 2. The maximum Gasteiger partial charge on any atom is 0.243 e. The number of rotatable bonds is 3. The summed E-state index contributed by atoms with van der Waals surface area (Å²) >= 11 is 3.34. The highest BCUT2D eigenvalue weighted by atomic mass is 79.9. The lowest BCUT2D eigenvalue weighted by Crippen LogP contribution is -2.18. The van der Waals surface area contributed by atoms with E-state index in [-0.39, 0.29) is 22.7 Å². The molecule has 0 spiro atoms. The van der Waals surface area contributed by atoms with E-state index in [9.17, 15) is 17.2 Å². The standard InChI is InChI=1S/C16H14BrF2N3O2S/c1-8(2)9-7-10(13(19)15(12(9)18)25(20,23)24)14-16(17)22-6-4-3-5-11(22)21-14/h3-8H,1-2H3,(H2,20,23,24). The Morgan fingerprint density at radius 2 is 1.92 bits per heavy atom. The molecule has 0 aliphatic carbocycles. The van der Waals surface area contributed by atoms with Crippen LogP contribution in [0.25, 0.3) is 16.9 Å². The second-order valence-corrected chi connectivity index (χ2v) is 8.10. The highest BCUT2D eigenvalue weighted by Crippen LogP contribution is 2.37. The van der Waals surface area contributed by atoms with Gasteiger partial charge in [0.25, 0.3) is 0 Å². The number of imidazole rings is 1. The molecule has 9 heteroatoms. The number of nitrogens with two attached hydrogens (primary N) is 1. The fraction of sp³-hybridized carbons (Fsp3) is 0.188. The number of pyridine rings is 1. The molecule has 0 saturated heterocycles. The van der Waals surface area contributed by atoms with E-state index in [2.05, 4.69) is 20.9 Å². The number of hydrogen-bond donors (Lipinski definition) is 1. The Morgan fingerprint density at radius 1 is 1.24 bits per heavy atom. The Bertz CT molecular complexity index is 1090. The van der Waals surface area contributed by atoms with Gasteiger partial charge in [-0.3, -0.25) is 4.40 Å². The minimum absolute atomic E-state index is 0.0457. The summed E-state index contributed by atoms with van der Waals surface area (Å²) in [5.74, 6) is -2.80. The lowest BCUT2D eigenvalue weighted by atomic mass is 9.98. The van der Waals surface area contributed by atoms with E-state index in [1.54, 1.807) is 42.6 Å². The lowest BCUT2D eigenvalue weighted by molar-refractivity contribution is 0.509. The van der Waals surface area contributed by atoms with E-state index in [4.69, 9.17) is 5.14 Å². The third-order valence-corrected chi connectivity index (χ3v) is 5.51. The molecular formula is C16H14BrF2N3O2S. The number of benzene rings is 1. The predicted octanol–water partition coefficient (Wildman–Crippen LogP) is 3.81. The number of nitrogens with zero attached hydrogens (tertiary/aromatic N) is 2. The van der Waals surface area contributed by atoms with Gasteiger partial charge in [-0.25, -0.2) is 27.3 Å². The van der Waals surface area contributed by atoms with Gasteiger partial charge in [-0.15, -0.1) is 0 Å². The van der Waals surface area contributed by atoms with Crippen LogP contribution < -0.4 is 5.14 Å². The third kappa shape index (κ3) is 2.96. The summed E-state index contributed by atoms with van der Waals surface area (Å²) < 4.78 is 55.0. The van der Waals surface area contributed by atoms with Crippen LogP contribution in [0.3, 0.4) is 0 Å². The molecule has 2 aromatic heterocycles. The van der Waals surface area contributed by atoms with Gasteiger partial charge in [0.05, 0.1) is 0 Å². The van der Waals surface area contributed by atoms with Crippen molar-refractivity contribution in [2.75, 3.05) is 0 Å². The van der Waals surface area contributed by atoms with Gasteiger partial charge >= 0.3 is 0 Å². The normalized spacial score (nSPS) is 12.3. The first-order valence-electron chi connectivity index (χ1n) is 7.30. The molecule has 0 aliphatic heterocycles. The van der Waals surface area contributed by atoms with Gasteiger partial charge in [0.1, 0.15) is 21.8 Å². The lowest BCUT2D eigenvalue weighted by Gasteiger charge is -2.14. The Labute approximate surface area is 151 Å². The highest BCUT2D eigenvalue weighted by Gasteiger charge is 2.29. The van der Waals surface area contributed by atoms with Crippen molar-refractivity contribution >= 4 is 31.6 Å². The topological polar surface area (TPSA) is 77.5 Å². The first kappa shape index (κ1) is 18.0. The van der Waals surface area contributed by atoms with Crippen molar-refractivity contribution in [2.24, 2.45) is 5.14 Å². The summed E-state index contributed by atoms with van der Waals surface area (Å²) in [5.41, 5.74) is 0.598. The number of primary sulfonamides is 1. The summed E-state index contributed by atoms with van der Waals surface area (Å²) in [7, 11) is -4.59. The van der Waals surface area contributed by atoms with Crippen LogP contribution in [-0.4, -0.2) is 17.8 Å². The van der Waals surface area contributed by atoms with E-state index < -0.39 is 26.6 Å². The average Bonchev–Trinajstić information content (AvgIpc) is 2.83. The minimum atomic E-state index is -4.59. The van der Waals surface area contributed by atoms with Crippen molar-refractivity contribution < 1.29 is 17.2 Å². The monoisotopic (exact) mass is 429 g/mol. The molecule has 0 amide bonds. The van der Waals surface area contributed by atoms with Gasteiger partial charge in [-0.2, -0.15) is 0 Å². The van der Waals surface area contributed by atoms with E-state index >= 15 is 0 Å². The number of halogens is 3. The van der Waals surface area contributed by atoms with Crippen LogP contribution in [0.5, 0.6) is 0 Å². The molecule has 3 aromatic rings. The summed E-state index contributed by atoms with van der Waals surface area (Å²) in [6, 6.07) is 6.50. The predicted molar refractivity (Wildman–Crippen MR) is 93.7 cm³/mol. The van der Waals surface area contributed by atoms with E-state index in [1.165, 1.54) is 6.07 Å². The minimum Gasteiger partial charge on any atom is -0.294 e. The van der Waals surface area contributed by atoms with Gasteiger partial charge in [-0.1, -0.05) is 19.9 Å². The first-order chi connectivity index (χ1) is 11.6. The molecule has 0 unspecified atom stereocenters. The van der Waals surface area contributed by atoms with Crippen molar-refractivity contribution in [3.63, 3.8) is 0 Å². The molecule has 0 radical (unpaired) electrons. The smallest absolute Gasteiger partial charge is 0.243 e. The molecular weight excluding hydrogens is 416 g/mol. The van der Waals surface area contributed by atoms with Crippen LogP contribution in [0.2, 0.25) is 0 Å². The Morgan fingerprint density at radius 3 is 2.48 bits per heavy atom. The molecule has 25 heavy (non-hydrogen) atoms. The van der Waals surface area contributed by atoms with Gasteiger partial charge in [0, 0.05) is 11.8 Å².